The van der Waals surface area contributed by atoms with Crippen molar-refractivity contribution in [1.29, 1.82) is 0 Å². The molecule has 4 rings (SSSR count). The highest BCUT2D eigenvalue weighted by Crippen LogP contribution is 2.26. The molecule has 10 nitrogen and oxygen atoms in total. The molecule has 0 unspecified atom stereocenters. The predicted octanol–water partition coefficient (Wildman–Crippen LogP) is 3.27. The number of aryl methyl sites for hydroxylation is 1. The number of carbonyl (C=O) groups excluding carboxylic acids is 2. The number of unbranched alkanes of at least 4 members (excludes halogenated alkanes) is 2. The summed E-state index contributed by atoms with van der Waals surface area (Å²) in [6, 6.07) is 7.42. The number of hydrogen-bond donors (Lipinski definition) is 2. The van der Waals surface area contributed by atoms with Crippen molar-refractivity contribution >= 4 is 17.6 Å². The molecule has 0 saturated carbocycles. The SMILES string of the molecule is COC(=O)c1nn(C2CCOCC2)cc1NC(=O)c1cccc(-c2cnn(CCCCCN)c2)c1. The van der Waals surface area contributed by atoms with E-state index in [1.165, 1.54) is 7.11 Å². The number of carbonyl (C=O) groups is 2. The van der Waals surface area contributed by atoms with Crippen molar-refractivity contribution in [2.24, 2.45) is 5.73 Å². The summed E-state index contributed by atoms with van der Waals surface area (Å²) in [6.07, 6.45) is 10.2. The monoisotopic (exact) mass is 480 g/mol. The lowest BCUT2D eigenvalue weighted by molar-refractivity contribution is 0.0583. The van der Waals surface area contributed by atoms with Crippen LogP contribution in [-0.2, 0) is 16.0 Å². The lowest BCUT2D eigenvalue weighted by Crippen LogP contribution is -2.20. The number of rotatable bonds is 10. The quantitative estimate of drug-likeness (QED) is 0.337. The third-order valence-electron chi connectivity index (χ3n) is 6.11. The Labute approximate surface area is 204 Å². The van der Waals surface area contributed by atoms with Gasteiger partial charge in [-0.1, -0.05) is 18.6 Å². The van der Waals surface area contributed by atoms with Crippen LogP contribution in [-0.4, -0.2) is 58.3 Å². The van der Waals surface area contributed by atoms with Gasteiger partial charge in [0.25, 0.3) is 5.91 Å². The Hall–Kier alpha value is -3.50. The molecular formula is C25H32N6O4. The third-order valence-corrected chi connectivity index (χ3v) is 6.11. The second-order valence-corrected chi connectivity index (χ2v) is 8.58. The van der Waals surface area contributed by atoms with Gasteiger partial charge in [0, 0.05) is 43.3 Å². The van der Waals surface area contributed by atoms with Gasteiger partial charge in [-0.3, -0.25) is 14.2 Å². The molecule has 0 aliphatic carbocycles. The van der Waals surface area contributed by atoms with Gasteiger partial charge in [0.2, 0.25) is 0 Å². The molecular weight excluding hydrogens is 448 g/mol. The highest BCUT2D eigenvalue weighted by molar-refractivity contribution is 6.07. The predicted molar refractivity (Wildman–Crippen MR) is 131 cm³/mol. The molecule has 1 saturated heterocycles. The molecule has 1 aliphatic heterocycles. The highest BCUT2D eigenvalue weighted by atomic mass is 16.5. The molecule has 0 atom stereocenters. The second-order valence-electron chi connectivity index (χ2n) is 8.58. The van der Waals surface area contributed by atoms with E-state index in [2.05, 4.69) is 15.5 Å². The number of benzene rings is 1. The summed E-state index contributed by atoms with van der Waals surface area (Å²) in [5.74, 6) is -0.934. The molecule has 2 aromatic heterocycles. The van der Waals surface area contributed by atoms with Gasteiger partial charge in [-0.05, 0) is 49.9 Å². The van der Waals surface area contributed by atoms with Gasteiger partial charge < -0.3 is 20.5 Å². The Balaban J connectivity index is 1.49. The maximum atomic E-state index is 13.1. The number of nitrogens with one attached hydrogen (secondary N) is 1. The molecule has 35 heavy (non-hydrogen) atoms. The molecule has 0 spiro atoms. The van der Waals surface area contributed by atoms with Crippen LogP contribution in [0.4, 0.5) is 5.69 Å². The molecule has 3 N–H and O–H groups in total. The Kier molecular flexibility index (Phi) is 8.27. The summed E-state index contributed by atoms with van der Waals surface area (Å²) in [4.78, 5) is 25.4. The molecule has 1 aliphatic rings. The van der Waals surface area contributed by atoms with Crippen LogP contribution in [0.25, 0.3) is 11.1 Å². The van der Waals surface area contributed by atoms with Crippen molar-refractivity contribution in [2.45, 2.75) is 44.7 Å². The smallest absolute Gasteiger partial charge is 0.360 e. The number of hydrogen-bond acceptors (Lipinski definition) is 7. The summed E-state index contributed by atoms with van der Waals surface area (Å²) < 4.78 is 13.9. The van der Waals surface area contributed by atoms with Crippen LogP contribution in [0.3, 0.4) is 0 Å². The lowest BCUT2D eigenvalue weighted by Gasteiger charge is -2.22. The number of esters is 1. The van der Waals surface area contributed by atoms with Crippen LogP contribution in [0.2, 0.25) is 0 Å². The first-order valence-corrected chi connectivity index (χ1v) is 12.0. The Morgan fingerprint density at radius 1 is 1.17 bits per heavy atom. The van der Waals surface area contributed by atoms with Gasteiger partial charge in [0.05, 0.1) is 25.0 Å². The molecule has 1 aromatic carbocycles. The van der Waals surface area contributed by atoms with Gasteiger partial charge in [-0.15, -0.1) is 0 Å². The number of aromatic nitrogens is 4. The minimum absolute atomic E-state index is 0.0828. The van der Waals surface area contributed by atoms with Crippen LogP contribution in [0.5, 0.6) is 0 Å². The molecule has 10 heteroatoms. The molecule has 3 aromatic rings. The zero-order chi connectivity index (χ0) is 24.6. The first kappa shape index (κ1) is 24.6. The fourth-order valence-corrected chi connectivity index (χ4v) is 4.13. The number of nitrogens with two attached hydrogens (primary N) is 1. The van der Waals surface area contributed by atoms with Gasteiger partial charge in [-0.2, -0.15) is 10.2 Å². The fraction of sp³-hybridized carbons (Fsp3) is 0.440. The van der Waals surface area contributed by atoms with E-state index in [-0.39, 0.29) is 17.6 Å². The normalized spacial score (nSPS) is 14.1. The van der Waals surface area contributed by atoms with E-state index < -0.39 is 5.97 Å². The maximum absolute atomic E-state index is 13.1. The standard InChI is InChI=1S/C25H32N6O4/c1-34-25(33)23-22(17-31(29-23)21-8-12-35-13-9-21)28-24(32)19-7-5-6-18(14-19)20-15-27-30(16-20)11-4-2-3-10-26/h5-7,14-17,21H,2-4,8-13,26H2,1H3,(H,28,32). The van der Waals surface area contributed by atoms with E-state index in [0.717, 1.165) is 49.8 Å². The van der Waals surface area contributed by atoms with Gasteiger partial charge in [0.15, 0.2) is 5.69 Å². The third kappa shape index (κ3) is 6.14. The average molecular weight is 481 g/mol. The Morgan fingerprint density at radius 3 is 2.77 bits per heavy atom. The maximum Gasteiger partial charge on any atom is 0.360 e. The van der Waals surface area contributed by atoms with Crippen LogP contribution in [0.15, 0.2) is 42.9 Å². The number of nitrogens with zero attached hydrogens (tertiary/aromatic N) is 4. The van der Waals surface area contributed by atoms with Crippen molar-refractivity contribution < 1.29 is 19.1 Å². The van der Waals surface area contributed by atoms with Crippen LogP contribution in [0, 0.1) is 0 Å². The summed E-state index contributed by atoms with van der Waals surface area (Å²) in [7, 11) is 1.29. The number of methoxy groups -OCH3 is 1. The molecule has 0 radical (unpaired) electrons. The Morgan fingerprint density at radius 2 is 2.00 bits per heavy atom. The zero-order valence-corrected chi connectivity index (χ0v) is 20.0. The van der Waals surface area contributed by atoms with E-state index in [0.29, 0.717) is 31.0 Å². The molecule has 1 fully saturated rings. The van der Waals surface area contributed by atoms with Crippen LogP contribution in [0.1, 0.15) is 59.0 Å². The van der Waals surface area contributed by atoms with Crippen molar-refractivity contribution in [3.63, 3.8) is 0 Å². The Bertz CT molecular complexity index is 1150. The summed E-state index contributed by atoms with van der Waals surface area (Å²) in [5, 5.41) is 11.7. The van der Waals surface area contributed by atoms with Crippen LogP contribution >= 0.6 is 0 Å². The summed E-state index contributed by atoms with van der Waals surface area (Å²) >= 11 is 0. The van der Waals surface area contributed by atoms with E-state index in [9.17, 15) is 9.59 Å². The number of anilines is 1. The number of ether oxygens (including phenoxy) is 2. The molecule has 0 bridgehead atoms. The average Bonchev–Trinajstić information content (AvgIpc) is 3.54. The minimum atomic E-state index is -0.598. The zero-order valence-electron chi connectivity index (χ0n) is 20.0. The molecule has 3 heterocycles. The first-order valence-electron chi connectivity index (χ1n) is 12.0. The summed E-state index contributed by atoms with van der Waals surface area (Å²) in [5.41, 5.74) is 8.24. The summed E-state index contributed by atoms with van der Waals surface area (Å²) in [6.45, 7) is 2.80. The van der Waals surface area contributed by atoms with Crippen molar-refractivity contribution in [2.75, 3.05) is 32.2 Å². The van der Waals surface area contributed by atoms with E-state index in [1.54, 1.807) is 23.1 Å². The lowest BCUT2D eigenvalue weighted by atomic mass is 10.1. The van der Waals surface area contributed by atoms with Gasteiger partial charge in [-0.25, -0.2) is 4.79 Å². The minimum Gasteiger partial charge on any atom is -0.464 e. The van der Waals surface area contributed by atoms with E-state index in [4.69, 9.17) is 15.2 Å². The molecule has 1 amide bonds. The number of amides is 1. The van der Waals surface area contributed by atoms with Crippen molar-refractivity contribution in [3.05, 3.63) is 54.1 Å². The topological polar surface area (TPSA) is 126 Å². The van der Waals surface area contributed by atoms with E-state index in [1.807, 2.05) is 29.1 Å². The van der Waals surface area contributed by atoms with Crippen LogP contribution < -0.4 is 11.1 Å². The van der Waals surface area contributed by atoms with Crippen molar-refractivity contribution in [1.82, 2.24) is 19.6 Å². The van der Waals surface area contributed by atoms with Gasteiger partial charge in [0.1, 0.15) is 0 Å². The second kappa shape index (κ2) is 11.8. The largest absolute Gasteiger partial charge is 0.464 e. The van der Waals surface area contributed by atoms with E-state index >= 15 is 0 Å². The first-order chi connectivity index (χ1) is 17.1. The highest BCUT2D eigenvalue weighted by Gasteiger charge is 2.24. The fourth-order valence-electron chi connectivity index (χ4n) is 4.13. The van der Waals surface area contributed by atoms with Crippen molar-refractivity contribution in [3.8, 4) is 11.1 Å². The molecule has 186 valence electrons. The van der Waals surface area contributed by atoms with Gasteiger partial charge >= 0.3 is 5.97 Å².